The average molecular weight is 358 g/mol. The van der Waals surface area contributed by atoms with Crippen molar-refractivity contribution in [2.45, 2.75) is 19.3 Å². The van der Waals surface area contributed by atoms with Gasteiger partial charge in [0.1, 0.15) is 0 Å². The SMILES string of the molecule is C1CCOCC1.O=S(=O)(O)O.O=S(=O)([O-])[O-].[K+].[K+]. The molecular weight excluding hydrogens is 346 g/mol. The molecule has 0 bridgehead atoms. The number of rotatable bonds is 0. The summed E-state index contributed by atoms with van der Waals surface area (Å²) >= 11 is 0. The van der Waals surface area contributed by atoms with E-state index in [2.05, 4.69) is 0 Å². The minimum absolute atomic E-state index is 0. The van der Waals surface area contributed by atoms with Crippen LogP contribution in [0.3, 0.4) is 0 Å². The summed E-state index contributed by atoms with van der Waals surface area (Å²) in [5.41, 5.74) is 0. The van der Waals surface area contributed by atoms with Gasteiger partial charge in [0.2, 0.25) is 0 Å². The summed E-state index contributed by atoms with van der Waals surface area (Å²) in [6.45, 7) is 2.00. The van der Waals surface area contributed by atoms with Gasteiger partial charge in [-0.25, -0.2) is 0 Å². The van der Waals surface area contributed by atoms with Crippen molar-refractivity contribution >= 4 is 20.8 Å². The van der Waals surface area contributed by atoms with E-state index in [9.17, 15) is 0 Å². The first kappa shape index (κ1) is 29.0. The quantitative estimate of drug-likeness (QED) is 0.243. The zero-order valence-corrected chi connectivity index (χ0v) is 18.0. The van der Waals surface area contributed by atoms with Gasteiger partial charge < -0.3 is 13.8 Å². The van der Waals surface area contributed by atoms with Crippen molar-refractivity contribution in [2.24, 2.45) is 0 Å². The number of ether oxygens (including phenoxy) is 1. The van der Waals surface area contributed by atoms with Crippen molar-refractivity contribution in [3.63, 3.8) is 0 Å². The van der Waals surface area contributed by atoms with E-state index in [0.29, 0.717) is 0 Å². The molecule has 0 amide bonds. The smallest absolute Gasteiger partial charge is 0.759 e. The van der Waals surface area contributed by atoms with Crippen LogP contribution < -0.4 is 103 Å². The van der Waals surface area contributed by atoms with Crippen molar-refractivity contribution in [2.75, 3.05) is 13.2 Å². The van der Waals surface area contributed by atoms with Crippen molar-refractivity contribution < 1.29 is 143 Å². The second kappa shape index (κ2) is 16.3. The van der Waals surface area contributed by atoms with Crippen molar-refractivity contribution in [3.05, 3.63) is 0 Å². The van der Waals surface area contributed by atoms with Crippen LogP contribution in [0.2, 0.25) is 0 Å². The maximum absolute atomic E-state index is 8.74. The molecule has 1 fully saturated rings. The molecule has 1 saturated heterocycles. The second-order valence-electron chi connectivity index (χ2n) is 2.53. The largest absolute Gasteiger partial charge is 1.00 e. The standard InChI is InChI=1S/C5H10O.2K.2H2O4S/c1-2-4-6-5-3-1;;;2*1-5(2,3)4/h1-5H2;;;2*(H2,1,2,3,4)/q;2*+1;;/p-2. The third-order valence-corrected chi connectivity index (χ3v) is 1.08. The Labute approximate surface area is 191 Å². The summed E-state index contributed by atoms with van der Waals surface area (Å²) in [4.78, 5) is 0. The molecule has 0 spiro atoms. The van der Waals surface area contributed by atoms with Gasteiger partial charge in [0.25, 0.3) is 0 Å². The van der Waals surface area contributed by atoms with Gasteiger partial charge in [-0.15, -0.1) is 0 Å². The van der Waals surface area contributed by atoms with Gasteiger partial charge in [-0.1, -0.05) is 0 Å². The average Bonchev–Trinajstić information content (AvgIpc) is 2.01. The monoisotopic (exact) mass is 358 g/mol. The van der Waals surface area contributed by atoms with E-state index in [1.165, 1.54) is 19.3 Å². The van der Waals surface area contributed by atoms with Gasteiger partial charge in [-0.2, -0.15) is 8.42 Å². The first-order valence-electron chi connectivity index (χ1n) is 3.94. The van der Waals surface area contributed by atoms with Crippen LogP contribution in [0.25, 0.3) is 0 Å². The Balaban J connectivity index is -0.0000000781. The Bertz CT molecular complexity index is 290. The van der Waals surface area contributed by atoms with Crippen LogP contribution in [0.15, 0.2) is 0 Å². The summed E-state index contributed by atoms with van der Waals surface area (Å²) in [5.74, 6) is 0. The molecule has 0 aromatic carbocycles. The zero-order chi connectivity index (χ0) is 13.2. The Kier molecular flexibility index (Phi) is 26.4. The van der Waals surface area contributed by atoms with Crippen LogP contribution in [0.5, 0.6) is 0 Å². The van der Waals surface area contributed by atoms with E-state index < -0.39 is 20.8 Å². The molecule has 1 rings (SSSR count). The van der Waals surface area contributed by atoms with E-state index in [1.807, 2.05) is 0 Å². The molecule has 13 heteroatoms. The Morgan fingerprint density at radius 2 is 1.06 bits per heavy atom. The maximum atomic E-state index is 8.74. The van der Waals surface area contributed by atoms with Crippen LogP contribution in [0.1, 0.15) is 19.3 Å². The third kappa shape index (κ3) is 76.1. The van der Waals surface area contributed by atoms with Crippen molar-refractivity contribution in [1.29, 1.82) is 0 Å². The second-order valence-corrected chi connectivity index (χ2v) is 4.24. The predicted octanol–water partition coefficient (Wildman–Crippen LogP) is -6.80. The molecule has 0 unspecified atom stereocenters. The van der Waals surface area contributed by atoms with E-state index in [1.54, 1.807) is 0 Å². The fraction of sp³-hybridized carbons (Fsp3) is 1.00. The van der Waals surface area contributed by atoms with Crippen LogP contribution in [-0.2, 0) is 25.5 Å². The summed E-state index contributed by atoms with van der Waals surface area (Å²) in [5, 5.41) is 0. The van der Waals surface area contributed by atoms with Gasteiger partial charge >= 0.3 is 113 Å². The molecule has 0 saturated carbocycles. The van der Waals surface area contributed by atoms with E-state index in [4.69, 9.17) is 39.8 Å². The minimum atomic E-state index is -5.17. The maximum Gasteiger partial charge on any atom is 1.00 e. The number of hydrogen-bond donors (Lipinski definition) is 2. The van der Waals surface area contributed by atoms with E-state index in [-0.39, 0.29) is 103 Å². The molecule has 9 nitrogen and oxygen atoms in total. The normalized spacial score (nSPS) is 14.4. The first-order chi connectivity index (χ1) is 7.00. The molecule has 0 atom stereocenters. The Morgan fingerprint density at radius 1 is 0.833 bits per heavy atom. The molecule has 1 aliphatic heterocycles. The van der Waals surface area contributed by atoms with E-state index >= 15 is 0 Å². The topological polar surface area (TPSA) is 164 Å². The first-order valence-corrected chi connectivity index (χ1v) is 6.67. The summed E-state index contributed by atoms with van der Waals surface area (Å²) in [6.07, 6.45) is 3.93. The fourth-order valence-corrected chi connectivity index (χ4v) is 0.687. The molecule has 0 aromatic rings. The predicted molar refractivity (Wildman–Crippen MR) is 49.3 cm³/mol. The Hall–Kier alpha value is 2.97. The van der Waals surface area contributed by atoms with Crippen LogP contribution in [0.4, 0.5) is 0 Å². The minimum Gasteiger partial charge on any atom is -0.759 e. The van der Waals surface area contributed by atoms with Gasteiger partial charge in [0, 0.05) is 23.6 Å². The summed E-state index contributed by atoms with van der Waals surface area (Å²) in [7, 11) is -9.83. The van der Waals surface area contributed by atoms with Crippen LogP contribution in [-0.4, -0.2) is 48.3 Å². The molecule has 1 aliphatic rings. The molecule has 0 radical (unpaired) electrons. The van der Waals surface area contributed by atoms with Crippen LogP contribution >= 0.6 is 0 Å². The van der Waals surface area contributed by atoms with E-state index in [0.717, 1.165) is 13.2 Å². The summed E-state index contributed by atoms with van der Waals surface area (Å²) in [6, 6.07) is 0. The molecule has 18 heavy (non-hydrogen) atoms. The molecular formula is C5H12K2O9S2. The molecule has 2 N–H and O–H groups in total. The van der Waals surface area contributed by atoms with Crippen molar-refractivity contribution in [3.8, 4) is 0 Å². The summed E-state index contributed by atoms with van der Waals surface area (Å²) < 4.78 is 70.7. The molecule has 0 aromatic heterocycles. The third-order valence-electron chi connectivity index (χ3n) is 1.08. The van der Waals surface area contributed by atoms with Gasteiger partial charge in [-0.05, 0) is 19.3 Å². The van der Waals surface area contributed by atoms with Gasteiger partial charge in [-0.3, -0.25) is 17.5 Å². The van der Waals surface area contributed by atoms with Crippen LogP contribution in [0, 0.1) is 0 Å². The number of hydrogen-bond acceptors (Lipinski definition) is 7. The zero-order valence-electron chi connectivity index (χ0n) is 10.1. The Morgan fingerprint density at radius 3 is 1.11 bits per heavy atom. The van der Waals surface area contributed by atoms with Gasteiger partial charge in [0.05, 0.1) is 0 Å². The van der Waals surface area contributed by atoms with Crippen molar-refractivity contribution in [1.82, 2.24) is 0 Å². The molecule has 1 heterocycles. The molecule has 0 aliphatic carbocycles. The fourth-order valence-electron chi connectivity index (χ4n) is 0.687. The molecule has 100 valence electrons. The van der Waals surface area contributed by atoms with Gasteiger partial charge in [0.15, 0.2) is 0 Å².